The van der Waals surface area contributed by atoms with E-state index in [-0.39, 0.29) is 12.0 Å². The summed E-state index contributed by atoms with van der Waals surface area (Å²) >= 11 is 0. The molecule has 116 valence electrons. The molecule has 1 aliphatic heterocycles. The molecule has 0 aromatic heterocycles. The lowest BCUT2D eigenvalue weighted by Gasteiger charge is -2.41. The van der Waals surface area contributed by atoms with Gasteiger partial charge in [-0.2, -0.15) is 0 Å². The van der Waals surface area contributed by atoms with Gasteiger partial charge < -0.3 is 20.1 Å². The van der Waals surface area contributed by atoms with Crippen LogP contribution in [-0.2, 0) is 16.0 Å². The summed E-state index contributed by atoms with van der Waals surface area (Å²) in [5.41, 5.74) is 6.08. The highest BCUT2D eigenvalue weighted by Gasteiger charge is 2.40. The van der Waals surface area contributed by atoms with Crippen LogP contribution in [-0.4, -0.2) is 49.3 Å². The standard InChI is InChI=1S/C16H24N2O3/c1-16(2)15(19)18(11-14(10-17)21-16)9-8-12-4-6-13(20-3)7-5-12/h4-7,14H,8-11,17H2,1-3H3. The zero-order valence-electron chi connectivity index (χ0n) is 13.0. The van der Waals surface area contributed by atoms with Gasteiger partial charge in [0.05, 0.1) is 13.2 Å². The second-order valence-electron chi connectivity index (χ2n) is 5.84. The van der Waals surface area contributed by atoms with Gasteiger partial charge in [-0.3, -0.25) is 4.79 Å². The third-order valence-corrected chi connectivity index (χ3v) is 3.78. The van der Waals surface area contributed by atoms with E-state index in [9.17, 15) is 4.79 Å². The number of methoxy groups -OCH3 is 1. The number of amides is 1. The number of hydrogen-bond acceptors (Lipinski definition) is 4. The first kappa shape index (κ1) is 15.8. The third-order valence-electron chi connectivity index (χ3n) is 3.78. The normalized spacial score (nSPS) is 21.4. The van der Waals surface area contributed by atoms with Gasteiger partial charge in [0.25, 0.3) is 5.91 Å². The maximum atomic E-state index is 12.4. The quantitative estimate of drug-likeness (QED) is 0.886. The first-order valence-corrected chi connectivity index (χ1v) is 7.26. The highest BCUT2D eigenvalue weighted by Crippen LogP contribution is 2.22. The lowest BCUT2D eigenvalue weighted by atomic mass is 10.0. The van der Waals surface area contributed by atoms with Gasteiger partial charge in [-0.05, 0) is 38.0 Å². The fraction of sp³-hybridized carbons (Fsp3) is 0.562. The molecule has 1 fully saturated rings. The number of nitrogens with two attached hydrogens (primary N) is 1. The molecule has 1 heterocycles. The molecule has 5 nitrogen and oxygen atoms in total. The summed E-state index contributed by atoms with van der Waals surface area (Å²) in [6.07, 6.45) is 0.719. The van der Waals surface area contributed by atoms with E-state index in [0.717, 1.165) is 12.2 Å². The van der Waals surface area contributed by atoms with Crippen LogP contribution in [0.1, 0.15) is 19.4 Å². The SMILES string of the molecule is COc1ccc(CCN2CC(CN)OC(C)(C)C2=O)cc1. The van der Waals surface area contributed by atoms with Crippen LogP contribution in [0, 0.1) is 0 Å². The number of rotatable bonds is 5. The lowest BCUT2D eigenvalue weighted by Crippen LogP contribution is -2.59. The molecule has 0 spiro atoms. The largest absolute Gasteiger partial charge is 0.497 e. The smallest absolute Gasteiger partial charge is 0.254 e. The first-order valence-electron chi connectivity index (χ1n) is 7.26. The van der Waals surface area contributed by atoms with Crippen LogP contribution in [0.2, 0.25) is 0 Å². The van der Waals surface area contributed by atoms with E-state index >= 15 is 0 Å². The van der Waals surface area contributed by atoms with Crippen LogP contribution in [0.5, 0.6) is 5.75 Å². The molecule has 0 saturated carbocycles. The molecular weight excluding hydrogens is 268 g/mol. The van der Waals surface area contributed by atoms with Gasteiger partial charge in [-0.1, -0.05) is 12.1 Å². The molecule has 1 saturated heterocycles. The minimum Gasteiger partial charge on any atom is -0.497 e. The zero-order chi connectivity index (χ0) is 15.5. The maximum absolute atomic E-state index is 12.4. The molecule has 2 rings (SSSR count). The Bertz CT molecular complexity index is 485. The molecule has 21 heavy (non-hydrogen) atoms. The van der Waals surface area contributed by atoms with Crippen LogP contribution in [0.25, 0.3) is 0 Å². The van der Waals surface area contributed by atoms with Crippen molar-refractivity contribution in [1.82, 2.24) is 4.90 Å². The number of nitrogens with zero attached hydrogens (tertiary/aromatic N) is 1. The third kappa shape index (κ3) is 3.74. The first-order chi connectivity index (χ1) is 9.96. The number of benzene rings is 1. The summed E-state index contributed by atoms with van der Waals surface area (Å²) in [5.74, 6) is 0.867. The lowest BCUT2D eigenvalue weighted by molar-refractivity contribution is -0.177. The minimum absolute atomic E-state index is 0.0284. The van der Waals surface area contributed by atoms with Gasteiger partial charge in [-0.15, -0.1) is 0 Å². The van der Waals surface area contributed by atoms with E-state index in [4.69, 9.17) is 15.2 Å². The highest BCUT2D eigenvalue weighted by molar-refractivity contribution is 5.85. The van der Waals surface area contributed by atoms with E-state index in [0.29, 0.717) is 19.6 Å². The molecule has 1 unspecified atom stereocenters. The Balaban J connectivity index is 1.98. The summed E-state index contributed by atoms with van der Waals surface area (Å²) in [7, 11) is 1.65. The number of hydrogen-bond donors (Lipinski definition) is 1. The average Bonchev–Trinajstić information content (AvgIpc) is 2.49. The predicted octanol–water partition coefficient (Wildman–Crippen LogP) is 1.20. The van der Waals surface area contributed by atoms with Gasteiger partial charge in [-0.25, -0.2) is 0 Å². The van der Waals surface area contributed by atoms with E-state index < -0.39 is 5.60 Å². The van der Waals surface area contributed by atoms with Crippen LogP contribution < -0.4 is 10.5 Å². The van der Waals surface area contributed by atoms with Crippen molar-refractivity contribution in [3.8, 4) is 5.75 Å². The van der Waals surface area contributed by atoms with E-state index in [1.165, 1.54) is 5.56 Å². The van der Waals surface area contributed by atoms with Crippen LogP contribution >= 0.6 is 0 Å². The summed E-state index contributed by atoms with van der Waals surface area (Å²) < 4.78 is 10.9. The fourth-order valence-electron chi connectivity index (χ4n) is 2.59. The van der Waals surface area contributed by atoms with E-state index in [1.54, 1.807) is 21.0 Å². The molecule has 0 aliphatic carbocycles. The van der Waals surface area contributed by atoms with Gasteiger partial charge in [0, 0.05) is 19.6 Å². The van der Waals surface area contributed by atoms with Crippen molar-refractivity contribution >= 4 is 5.91 Å². The zero-order valence-corrected chi connectivity index (χ0v) is 13.0. The summed E-state index contributed by atoms with van der Waals surface area (Å²) in [6.45, 7) is 5.27. The Hall–Kier alpha value is -1.59. The maximum Gasteiger partial charge on any atom is 0.254 e. The van der Waals surface area contributed by atoms with Crippen LogP contribution in [0.15, 0.2) is 24.3 Å². The molecule has 1 aliphatic rings. The fourth-order valence-corrected chi connectivity index (χ4v) is 2.59. The number of morpholine rings is 1. The van der Waals surface area contributed by atoms with Crippen molar-refractivity contribution in [2.45, 2.75) is 32.0 Å². The summed E-state index contributed by atoms with van der Waals surface area (Å²) in [5, 5.41) is 0. The van der Waals surface area contributed by atoms with Crippen LogP contribution in [0.3, 0.4) is 0 Å². The highest BCUT2D eigenvalue weighted by atomic mass is 16.5. The minimum atomic E-state index is -0.789. The number of carbonyl (C=O) groups excluding carboxylic acids is 1. The van der Waals surface area contributed by atoms with E-state index in [2.05, 4.69) is 0 Å². The Morgan fingerprint density at radius 3 is 2.62 bits per heavy atom. The van der Waals surface area contributed by atoms with Crippen molar-refractivity contribution in [3.63, 3.8) is 0 Å². The Morgan fingerprint density at radius 1 is 1.38 bits per heavy atom. The van der Waals surface area contributed by atoms with Crippen molar-refractivity contribution in [3.05, 3.63) is 29.8 Å². The molecule has 5 heteroatoms. The Labute approximate surface area is 126 Å². The Kier molecular flexibility index (Phi) is 4.85. The molecular formula is C16H24N2O3. The second-order valence-corrected chi connectivity index (χ2v) is 5.84. The molecule has 1 atom stereocenters. The van der Waals surface area contributed by atoms with Crippen molar-refractivity contribution in [2.75, 3.05) is 26.7 Å². The van der Waals surface area contributed by atoms with E-state index in [1.807, 2.05) is 29.2 Å². The number of ether oxygens (including phenoxy) is 2. The predicted molar refractivity (Wildman–Crippen MR) is 81.3 cm³/mol. The van der Waals surface area contributed by atoms with Crippen molar-refractivity contribution in [2.24, 2.45) is 5.73 Å². The summed E-state index contributed by atoms with van der Waals surface area (Å²) in [4.78, 5) is 14.2. The van der Waals surface area contributed by atoms with Crippen molar-refractivity contribution in [1.29, 1.82) is 0 Å². The monoisotopic (exact) mass is 292 g/mol. The van der Waals surface area contributed by atoms with Gasteiger partial charge >= 0.3 is 0 Å². The van der Waals surface area contributed by atoms with Crippen LogP contribution in [0.4, 0.5) is 0 Å². The molecule has 1 aromatic carbocycles. The van der Waals surface area contributed by atoms with Gasteiger partial charge in [0.15, 0.2) is 0 Å². The van der Waals surface area contributed by atoms with Crippen molar-refractivity contribution < 1.29 is 14.3 Å². The topological polar surface area (TPSA) is 64.8 Å². The second kappa shape index (κ2) is 6.45. The van der Waals surface area contributed by atoms with Gasteiger partial charge in [0.1, 0.15) is 11.4 Å². The molecule has 2 N–H and O–H groups in total. The average molecular weight is 292 g/mol. The molecule has 1 aromatic rings. The molecule has 1 amide bonds. The Morgan fingerprint density at radius 2 is 2.05 bits per heavy atom. The molecule has 0 bridgehead atoms. The molecule has 0 radical (unpaired) electrons. The summed E-state index contributed by atoms with van der Waals surface area (Å²) in [6, 6.07) is 7.91. The number of carbonyl (C=O) groups is 1. The van der Waals surface area contributed by atoms with Gasteiger partial charge in [0.2, 0.25) is 0 Å².